The monoisotopic (exact) mass is 228 g/mol. The summed E-state index contributed by atoms with van der Waals surface area (Å²) in [6.45, 7) is 4.41. The molecule has 0 saturated heterocycles. The van der Waals surface area contributed by atoms with Gasteiger partial charge in [0, 0.05) is 5.41 Å². The number of allylic oxidation sites excluding steroid dienone is 4. The standard InChI is InChI=1S/C16H20O/c1-3-13-9-11-16(4-2,12-10-13)14-5-7-15(17)8-6-14/h5-11,17H,3-4,12H2,1-2H3. The Morgan fingerprint density at radius 1 is 1.18 bits per heavy atom. The molecule has 0 amide bonds. The minimum Gasteiger partial charge on any atom is -0.508 e. The van der Waals surface area contributed by atoms with E-state index in [1.165, 1.54) is 11.1 Å². The largest absolute Gasteiger partial charge is 0.508 e. The van der Waals surface area contributed by atoms with Gasteiger partial charge in [-0.2, -0.15) is 0 Å². The summed E-state index contributed by atoms with van der Waals surface area (Å²) in [5.74, 6) is 0.338. The SMILES string of the molecule is CCC1=CCC(CC)(c2ccc(O)cc2)C=C1. The maximum Gasteiger partial charge on any atom is 0.115 e. The summed E-state index contributed by atoms with van der Waals surface area (Å²) >= 11 is 0. The van der Waals surface area contributed by atoms with Crippen LogP contribution < -0.4 is 0 Å². The lowest BCUT2D eigenvalue weighted by Gasteiger charge is -2.32. The Morgan fingerprint density at radius 2 is 1.88 bits per heavy atom. The van der Waals surface area contributed by atoms with Gasteiger partial charge in [-0.05, 0) is 37.0 Å². The second kappa shape index (κ2) is 4.79. The highest BCUT2D eigenvalue weighted by atomic mass is 16.3. The van der Waals surface area contributed by atoms with E-state index < -0.39 is 0 Å². The lowest BCUT2D eigenvalue weighted by atomic mass is 9.72. The topological polar surface area (TPSA) is 20.2 Å². The van der Waals surface area contributed by atoms with Gasteiger partial charge >= 0.3 is 0 Å². The van der Waals surface area contributed by atoms with E-state index in [4.69, 9.17) is 0 Å². The van der Waals surface area contributed by atoms with Crippen molar-refractivity contribution < 1.29 is 5.11 Å². The summed E-state index contributed by atoms with van der Waals surface area (Å²) in [7, 11) is 0. The fraction of sp³-hybridized carbons (Fsp3) is 0.375. The first-order valence-corrected chi connectivity index (χ1v) is 6.38. The number of phenolic OH excluding ortho intramolecular Hbond substituents is 1. The summed E-state index contributed by atoms with van der Waals surface area (Å²) in [6, 6.07) is 7.63. The molecular formula is C16H20O. The molecule has 0 radical (unpaired) electrons. The molecule has 1 aromatic carbocycles. The third-order valence-corrected chi connectivity index (χ3v) is 3.83. The smallest absolute Gasteiger partial charge is 0.115 e. The second-order valence-corrected chi connectivity index (χ2v) is 4.73. The zero-order valence-electron chi connectivity index (χ0n) is 10.6. The number of rotatable bonds is 3. The van der Waals surface area contributed by atoms with Crippen LogP contribution in [0.25, 0.3) is 0 Å². The second-order valence-electron chi connectivity index (χ2n) is 4.73. The van der Waals surface area contributed by atoms with E-state index in [1.54, 1.807) is 12.1 Å². The van der Waals surface area contributed by atoms with Crippen molar-refractivity contribution in [1.82, 2.24) is 0 Å². The summed E-state index contributed by atoms with van der Waals surface area (Å²) < 4.78 is 0. The Bertz CT molecular complexity index is 439. The Labute approximate surface area is 103 Å². The summed E-state index contributed by atoms with van der Waals surface area (Å²) in [6.07, 6.45) is 10.2. The van der Waals surface area contributed by atoms with Crippen molar-refractivity contribution in [2.75, 3.05) is 0 Å². The quantitative estimate of drug-likeness (QED) is 0.816. The van der Waals surface area contributed by atoms with Crippen LogP contribution in [0.3, 0.4) is 0 Å². The van der Waals surface area contributed by atoms with E-state index >= 15 is 0 Å². The predicted molar refractivity (Wildman–Crippen MR) is 72.2 cm³/mol. The Morgan fingerprint density at radius 3 is 2.35 bits per heavy atom. The molecule has 0 bridgehead atoms. The highest BCUT2D eigenvalue weighted by molar-refractivity contribution is 5.40. The summed E-state index contributed by atoms with van der Waals surface area (Å²) in [5.41, 5.74) is 2.83. The molecule has 1 atom stereocenters. The minimum atomic E-state index is 0.117. The average Bonchev–Trinajstić information content (AvgIpc) is 2.40. The van der Waals surface area contributed by atoms with Gasteiger partial charge in [-0.25, -0.2) is 0 Å². The van der Waals surface area contributed by atoms with Gasteiger partial charge in [-0.3, -0.25) is 0 Å². The van der Waals surface area contributed by atoms with Crippen molar-refractivity contribution in [3.8, 4) is 5.75 Å². The molecule has 1 aliphatic rings. The Balaban J connectivity index is 2.31. The van der Waals surface area contributed by atoms with Gasteiger partial charge in [0.15, 0.2) is 0 Å². The van der Waals surface area contributed by atoms with Crippen molar-refractivity contribution in [2.24, 2.45) is 0 Å². The van der Waals surface area contributed by atoms with Crippen molar-refractivity contribution in [3.63, 3.8) is 0 Å². The van der Waals surface area contributed by atoms with Crippen LogP contribution in [-0.2, 0) is 5.41 Å². The highest BCUT2D eigenvalue weighted by Gasteiger charge is 2.28. The van der Waals surface area contributed by atoms with Gasteiger partial charge in [-0.15, -0.1) is 0 Å². The maximum atomic E-state index is 9.36. The first-order valence-electron chi connectivity index (χ1n) is 6.38. The minimum absolute atomic E-state index is 0.117. The fourth-order valence-corrected chi connectivity index (χ4v) is 2.45. The number of hydrogen-bond donors (Lipinski definition) is 1. The first kappa shape index (κ1) is 12.0. The third kappa shape index (κ3) is 2.28. The lowest BCUT2D eigenvalue weighted by Crippen LogP contribution is -2.23. The zero-order chi connectivity index (χ0) is 12.3. The summed E-state index contributed by atoms with van der Waals surface area (Å²) in [5, 5.41) is 9.36. The predicted octanol–water partition coefficient (Wildman–Crippen LogP) is 4.34. The van der Waals surface area contributed by atoms with E-state index in [1.807, 2.05) is 12.1 Å². The molecule has 0 heterocycles. The van der Waals surface area contributed by atoms with Gasteiger partial charge in [-0.1, -0.05) is 49.8 Å². The van der Waals surface area contributed by atoms with Gasteiger partial charge in [0.1, 0.15) is 5.75 Å². The molecule has 90 valence electrons. The van der Waals surface area contributed by atoms with Crippen LogP contribution in [0.4, 0.5) is 0 Å². The molecule has 1 heteroatoms. The molecule has 0 fully saturated rings. The van der Waals surface area contributed by atoms with Crippen molar-refractivity contribution in [1.29, 1.82) is 0 Å². The van der Waals surface area contributed by atoms with Crippen LogP contribution in [0, 0.1) is 0 Å². The molecule has 1 unspecified atom stereocenters. The van der Waals surface area contributed by atoms with Crippen molar-refractivity contribution >= 4 is 0 Å². The molecule has 1 aromatic rings. The molecule has 0 spiro atoms. The maximum absolute atomic E-state index is 9.36. The Hall–Kier alpha value is -1.50. The highest BCUT2D eigenvalue weighted by Crippen LogP contribution is 2.38. The van der Waals surface area contributed by atoms with E-state index in [-0.39, 0.29) is 5.41 Å². The van der Waals surface area contributed by atoms with Gasteiger partial charge in [0.05, 0.1) is 0 Å². The third-order valence-electron chi connectivity index (χ3n) is 3.83. The van der Waals surface area contributed by atoms with E-state index in [9.17, 15) is 5.11 Å². The molecule has 0 saturated carbocycles. The van der Waals surface area contributed by atoms with E-state index in [0.29, 0.717) is 5.75 Å². The van der Waals surface area contributed by atoms with Gasteiger partial charge in [0.2, 0.25) is 0 Å². The molecule has 1 N–H and O–H groups in total. The number of hydrogen-bond acceptors (Lipinski definition) is 1. The Kier molecular flexibility index (Phi) is 3.37. The molecular weight excluding hydrogens is 208 g/mol. The fourth-order valence-electron chi connectivity index (χ4n) is 2.45. The van der Waals surface area contributed by atoms with Crippen LogP contribution in [0.5, 0.6) is 5.75 Å². The van der Waals surface area contributed by atoms with Crippen LogP contribution in [0.15, 0.2) is 48.1 Å². The van der Waals surface area contributed by atoms with Gasteiger partial charge < -0.3 is 5.11 Å². The molecule has 2 rings (SSSR count). The number of aromatic hydroxyl groups is 1. The summed E-state index contributed by atoms with van der Waals surface area (Å²) in [4.78, 5) is 0. The zero-order valence-corrected chi connectivity index (χ0v) is 10.6. The molecule has 17 heavy (non-hydrogen) atoms. The number of benzene rings is 1. The molecule has 0 aliphatic heterocycles. The number of phenols is 1. The van der Waals surface area contributed by atoms with Gasteiger partial charge in [0.25, 0.3) is 0 Å². The average molecular weight is 228 g/mol. The van der Waals surface area contributed by atoms with E-state index in [0.717, 1.165) is 19.3 Å². The van der Waals surface area contributed by atoms with Crippen LogP contribution in [-0.4, -0.2) is 5.11 Å². The molecule has 0 aromatic heterocycles. The van der Waals surface area contributed by atoms with Crippen LogP contribution in [0.2, 0.25) is 0 Å². The van der Waals surface area contributed by atoms with Crippen molar-refractivity contribution in [2.45, 2.75) is 38.5 Å². The van der Waals surface area contributed by atoms with E-state index in [2.05, 4.69) is 32.1 Å². The lowest BCUT2D eigenvalue weighted by molar-refractivity contribution is 0.472. The van der Waals surface area contributed by atoms with Crippen LogP contribution >= 0.6 is 0 Å². The normalized spacial score (nSPS) is 23.5. The molecule has 1 aliphatic carbocycles. The molecule has 1 nitrogen and oxygen atoms in total. The van der Waals surface area contributed by atoms with Crippen LogP contribution in [0.1, 0.15) is 38.7 Å². The first-order chi connectivity index (χ1) is 8.20. The van der Waals surface area contributed by atoms with Crippen molar-refractivity contribution in [3.05, 3.63) is 53.6 Å².